The number of carbonyl (C=O) groups is 1. The normalized spacial score (nSPS) is 17.3. The van der Waals surface area contributed by atoms with Gasteiger partial charge in [-0.2, -0.15) is 0 Å². The summed E-state index contributed by atoms with van der Waals surface area (Å²) in [4.78, 5) is 12.1. The summed E-state index contributed by atoms with van der Waals surface area (Å²) in [5.74, 6) is 0.159. The van der Waals surface area contributed by atoms with Crippen LogP contribution < -0.4 is 11.1 Å². The molecular weight excluding hydrogens is 345 g/mol. The number of amidine groups is 1. The average Bonchev–Trinajstić information content (AvgIpc) is 3.19. The molecule has 0 spiro atoms. The molecular formula is C12H14IN3O2. The van der Waals surface area contributed by atoms with Crippen LogP contribution >= 0.6 is 22.6 Å². The van der Waals surface area contributed by atoms with Crippen LogP contribution in [0, 0.1) is 9.49 Å². The molecule has 6 heteroatoms. The Morgan fingerprint density at radius 3 is 2.72 bits per heavy atom. The number of nitrogens with one attached hydrogen (secondary N) is 1. The molecule has 4 N–H and O–H groups in total. The number of oxime groups is 1. The van der Waals surface area contributed by atoms with E-state index in [4.69, 9.17) is 10.9 Å². The fraction of sp³-hybridized carbons (Fsp3) is 0.333. The number of amides is 1. The quantitative estimate of drug-likeness (QED) is 0.251. The fourth-order valence-electron chi connectivity index (χ4n) is 1.79. The molecule has 0 heterocycles. The summed E-state index contributed by atoms with van der Waals surface area (Å²) >= 11 is 2.11. The molecule has 0 saturated heterocycles. The Hall–Kier alpha value is -1.31. The monoisotopic (exact) mass is 359 g/mol. The van der Waals surface area contributed by atoms with Gasteiger partial charge in [0.25, 0.3) is 5.91 Å². The molecule has 0 aliphatic heterocycles. The lowest BCUT2D eigenvalue weighted by atomic mass is 10.1. The Morgan fingerprint density at radius 2 is 2.17 bits per heavy atom. The molecule has 18 heavy (non-hydrogen) atoms. The van der Waals surface area contributed by atoms with Crippen LogP contribution in [-0.4, -0.2) is 23.0 Å². The number of benzene rings is 1. The highest BCUT2D eigenvalue weighted by Gasteiger charge is 2.35. The third kappa shape index (κ3) is 2.92. The molecule has 1 aromatic carbocycles. The highest BCUT2D eigenvalue weighted by Crippen LogP contribution is 2.33. The topological polar surface area (TPSA) is 87.7 Å². The number of rotatable bonds is 4. The van der Waals surface area contributed by atoms with Gasteiger partial charge in [0.15, 0.2) is 5.84 Å². The molecule has 96 valence electrons. The van der Waals surface area contributed by atoms with Crippen LogP contribution in [0.2, 0.25) is 0 Å². The summed E-state index contributed by atoms with van der Waals surface area (Å²) < 4.78 is 0.877. The van der Waals surface area contributed by atoms with Crippen molar-refractivity contribution in [2.24, 2.45) is 16.8 Å². The Kier molecular flexibility index (Phi) is 4.05. The Morgan fingerprint density at radius 1 is 1.50 bits per heavy atom. The van der Waals surface area contributed by atoms with Crippen molar-refractivity contribution < 1.29 is 10.0 Å². The van der Waals surface area contributed by atoms with Crippen LogP contribution in [-0.2, 0) is 0 Å². The molecule has 1 aromatic rings. The van der Waals surface area contributed by atoms with Crippen LogP contribution in [0.15, 0.2) is 29.4 Å². The summed E-state index contributed by atoms with van der Waals surface area (Å²) in [6, 6.07) is 6.93. The molecule has 0 radical (unpaired) electrons. The molecule has 0 aromatic heterocycles. The summed E-state index contributed by atoms with van der Waals surface area (Å²) in [5, 5.41) is 14.6. The molecule has 1 amide bonds. The highest BCUT2D eigenvalue weighted by molar-refractivity contribution is 14.1. The number of nitrogens with two attached hydrogens (primary N) is 1. The van der Waals surface area contributed by atoms with Crippen LogP contribution in [0.4, 0.5) is 0 Å². The van der Waals surface area contributed by atoms with Gasteiger partial charge in [0.2, 0.25) is 0 Å². The number of nitrogens with zero attached hydrogens (tertiary/aromatic N) is 1. The molecule has 1 unspecified atom stereocenters. The zero-order valence-electron chi connectivity index (χ0n) is 9.64. The van der Waals surface area contributed by atoms with Crippen LogP contribution in [0.3, 0.4) is 0 Å². The van der Waals surface area contributed by atoms with Gasteiger partial charge in [-0.15, -0.1) is 0 Å². The summed E-state index contributed by atoms with van der Waals surface area (Å²) in [6.07, 6.45) is 1.99. The second kappa shape index (κ2) is 5.55. The van der Waals surface area contributed by atoms with Gasteiger partial charge in [0.05, 0.1) is 11.6 Å². The van der Waals surface area contributed by atoms with Crippen molar-refractivity contribution in [1.82, 2.24) is 5.32 Å². The Balaban J connectivity index is 2.12. The first-order valence-corrected chi connectivity index (χ1v) is 6.74. The minimum atomic E-state index is -0.376. The van der Waals surface area contributed by atoms with E-state index in [1.54, 1.807) is 6.07 Å². The standard InChI is InChI=1S/C12H14IN3O2/c13-9-4-2-1-3-8(9)12(17)15-10(7-5-6-7)11(14)16-18/h1-4,7,10,18H,5-6H2,(H2,14,16)(H,15,17). The lowest BCUT2D eigenvalue weighted by molar-refractivity contribution is 0.0942. The molecule has 1 atom stereocenters. The molecule has 1 fully saturated rings. The third-order valence-corrected chi connectivity index (χ3v) is 3.87. The van der Waals surface area contributed by atoms with Crippen molar-refractivity contribution in [2.45, 2.75) is 18.9 Å². The lowest BCUT2D eigenvalue weighted by Crippen LogP contribution is -2.46. The number of hydrogen-bond acceptors (Lipinski definition) is 3. The van der Waals surface area contributed by atoms with Gasteiger partial charge in [0.1, 0.15) is 0 Å². The average molecular weight is 359 g/mol. The SMILES string of the molecule is NC(=NO)C(NC(=O)c1ccccc1I)C1CC1. The van der Waals surface area contributed by atoms with Gasteiger partial charge < -0.3 is 16.3 Å². The van der Waals surface area contributed by atoms with E-state index in [0.717, 1.165) is 16.4 Å². The zero-order valence-corrected chi connectivity index (χ0v) is 11.8. The van der Waals surface area contributed by atoms with E-state index in [1.165, 1.54) is 0 Å². The second-order valence-electron chi connectivity index (χ2n) is 4.29. The van der Waals surface area contributed by atoms with E-state index in [-0.39, 0.29) is 23.7 Å². The van der Waals surface area contributed by atoms with Crippen LogP contribution in [0.25, 0.3) is 0 Å². The number of halogens is 1. The van der Waals surface area contributed by atoms with Crippen molar-refractivity contribution in [3.05, 3.63) is 33.4 Å². The maximum atomic E-state index is 12.1. The van der Waals surface area contributed by atoms with Crippen molar-refractivity contribution in [2.75, 3.05) is 0 Å². The molecule has 1 saturated carbocycles. The minimum Gasteiger partial charge on any atom is -0.409 e. The van der Waals surface area contributed by atoms with Crippen LogP contribution in [0.1, 0.15) is 23.2 Å². The second-order valence-corrected chi connectivity index (χ2v) is 5.46. The summed E-state index contributed by atoms with van der Waals surface area (Å²) in [6.45, 7) is 0. The Bertz CT molecular complexity index is 486. The summed E-state index contributed by atoms with van der Waals surface area (Å²) in [7, 11) is 0. The van der Waals surface area contributed by atoms with Gasteiger partial charge in [-0.05, 0) is 53.5 Å². The third-order valence-electron chi connectivity index (χ3n) is 2.93. The van der Waals surface area contributed by atoms with E-state index >= 15 is 0 Å². The van der Waals surface area contributed by atoms with E-state index in [2.05, 4.69) is 33.1 Å². The van der Waals surface area contributed by atoms with Gasteiger partial charge in [0, 0.05) is 3.57 Å². The van der Waals surface area contributed by atoms with E-state index in [1.807, 2.05) is 18.2 Å². The predicted octanol–water partition coefficient (Wildman–Crippen LogP) is 1.55. The first-order valence-electron chi connectivity index (χ1n) is 5.66. The number of hydrogen-bond donors (Lipinski definition) is 3. The molecule has 1 aliphatic carbocycles. The van der Waals surface area contributed by atoms with Gasteiger partial charge >= 0.3 is 0 Å². The van der Waals surface area contributed by atoms with E-state index in [9.17, 15) is 4.79 Å². The molecule has 2 rings (SSSR count). The van der Waals surface area contributed by atoms with Gasteiger partial charge in [-0.25, -0.2) is 0 Å². The largest absolute Gasteiger partial charge is 0.409 e. The van der Waals surface area contributed by atoms with Crippen molar-refractivity contribution in [1.29, 1.82) is 0 Å². The number of carbonyl (C=O) groups excluding carboxylic acids is 1. The zero-order chi connectivity index (χ0) is 13.1. The molecule has 5 nitrogen and oxygen atoms in total. The van der Waals surface area contributed by atoms with E-state index < -0.39 is 0 Å². The maximum absolute atomic E-state index is 12.1. The van der Waals surface area contributed by atoms with Crippen molar-refractivity contribution in [3.63, 3.8) is 0 Å². The van der Waals surface area contributed by atoms with Gasteiger partial charge in [-0.3, -0.25) is 4.79 Å². The highest BCUT2D eigenvalue weighted by atomic mass is 127. The fourth-order valence-corrected chi connectivity index (χ4v) is 2.42. The lowest BCUT2D eigenvalue weighted by Gasteiger charge is -2.17. The van der Waals surface area contributed by atoms with Gasteiger partial charge in [-0.1, -0.05) is 17.3 Å². The molecule has 1 aliphatic rings. The van der Waals surface area contributed by atoms with Crippen molar-refractivity contribution >= 4 is 34.3 Å². The first kappa shape index (κ1) is 13.1. The smallest absolute Gasteiger partial charge is 0.252 e. The van der Waals surface area contributed by atoms with E-state index in [0.29, 0.717) is 5.56 Å². The summed E-state index contributed by atoms with van der Waals surface area (Å²) in [5.41, 5.74) is 6.21. The molecule has 0 bridgehead atoms. The minimum absolute atomic E-state index is 0.0665. The van der Waals surface area contributed by atoms with Crippen LogP contribution in [0.5, 0.6) is 0 Å². The Labute approximate surface area is 119 Å². The first-order chi connectivity index (χ1) is 8.63. The maximum Gasteiger partial charge on any atom is 0.252 e. The van der Waals surface area contributed by atoms with Crippen molar-refractivity contribution in [3.8, 4) is 0 Å². The predicted molar refractivity (Wildman–Crippen MR) is 76.5 cm³/mol.